The lowest BCUT2D eigenvalue weighted by atomic mass is 10.1. The normalized spacial score (nSPS) is 24.9. The van der Waals surface area contributed by atoms with Gasteiger partial charge >= 0.3 is 0 Å². The molecular formula is C23H27F4N7O3S2. The molecule has 3 fully saturated rings. The van der Waals surface area contributed by atoms with Gasteiger partial charge in [-0.05, 0) is 26.7 Å². The molecule has 212 valence electrons. The second-order valence-corrected chi connectivity index (χ2v) is 13.1. The first-order chi connectivity index (χ1) is 18.5. The van der Waals surface area contributed by atoms with E-state index < -0.39 is 50.5 Å². The van der Waals surface area contributed by atoms with Crippen LogP contribution in [0.5, 0.6) is 0 Å². The van der Waals surface area contributed by atoms with E-state index in [1.807, 2.05) is 13.8 Å². The quantitative estimate of drug-likeness (QED) is 0.385. The van der Waals surface area contributed by atoms with E-state index >= 15 is 4.39 Å². The number of fused-ring (bicyclic) bond motifs is 1. The van der Waals surface area contributed by atoms with Crippen molar-refractivity contribution in [3.05, 3.63) is 22.7 Å². The van der Waals surface area contributed by atoms with Gasteiger partial charge in [0.05, 0.1) is 17.8 Å². The minimum absolute atomic E-state index is 0.0476. The topological polar surface area (TPSA) is 114 Å². The van der Waals surface area contributed by atoms with Crippen molar-refractivity contribution in [3.8, 4) is 10.7 Å². The molecule has 2 saturated heterocycles. The van der Waals surface area contributed by atoms with Gasteiger partial charge in [-0.3, -0.25) is 4.40 Å². The summed E-state index contributed by atoms with van der Waals surface area (Å²) in [5, 5.41) is 10.4. The molecule has 1 aliphatic carbocycles. The Balaban J connectivity index is 1.61. The van der Waals surface area contributed by atoms with Crippen LogP contribution in [0.15, 0.2) is 11.1 Å². The predicted octanol–water partition coefficient (Wildman–Crippen LogP) is 3.36. The van der Waals surface area contributed by atoms with E-state index in [-0.39, 0.29) is 34.1 Å². The fraction of sp³-hybridized carbons (Fsp3) is 0.609. The third kappa shape index (κ3) is 4.69. The van der Waals surface area contributed by atoms with Gasteiger partial charge in [-0.15, -0.1) is 10.2 Å². The average Bonchev–Trinajstić information content (AvgIpc) is 3.24. The number of halogens is 4. The molecule has 1 unspecified atom stereocenters. The van der Waals surface area contributed by atoms with Gasteiger partial charge in [-0.25, -0.2) is 35.7 Å². The van der Waals surface area contributed by atoms with Crippen molar-refractivity contribution >= 4 is 32.7 Å². The number of hydrogen-bond donors (Lipinski definition) is 2. The summed E-state index contributed by atoms with van der Waals surface area (Å²) in [6, 6.07) is -0.0954. The number of nitrogens with zero attached hydrogens (tertiary/aromatic N) is 5. The van der Waals surface area contributed by atoms with Gasteiger partial charge in [0.25, 0.3) is 6.43 Å². The third-order valence-electron chi connectivity index (χ3n) is 7.28. The maximum absolute atomic E-state index is 16.4. The van der Waals surface area contributed by atoms with Gasteiger partial charge in [0, 0.05) is 37.8 Å². The molecule has 5 heterocycles. The van der Waals surface area contributed by atoms with Crippen LogP contribution in [0.4, 0.5) is 23.2 Å². The van der Waals surface area contributed by atoms with E-state index in [1.54, 1.807) is 4.90 Å². The zero-order valence-electron chi connectivity index (χ0n) is 21.1. The van der Waals surface area contributed by atoms with Crippen LogP contribution >= 0.6 is 11.3 Å². The summed E-state index contributed by atoms with van der Waals surface area (Å²) in [5.74, 6) is -1.02. The fourth-order valence-corrected chi connectivity index (χ4v) is 7.44. The molecule has 16 heteroatoms. The summed E-state index contributed by atoms with van der Waals surface area (Å²) >= 11 is 0.642. The Morgan fingerprint density at radius 3 is 2.49 bits per heavy atom. The van der Waals surface area contributed by atoms with Crippen LogP contribution in [0.1, 0.15) is 56.3 Å². The molecule has 2 N–H and O–H groups in total. The molecular weight excluding hydrogens is 562 g/mol. The number of hydrogen-bond acceptors (Lipinski definition) is 9. The second kappa shape index (κ2) is 9.61. The zero-order valence-corrected chi connectivity index (χ0v) is 22.8. The molecule has 0 aromatic carbocycles. The maximum atomic E-state index is 16.4. The highest BCUT2D eigenvalue weighted by Gasteiger charge is 2.47. The van der Waals surface area contributed by atoms with Gasteiger partial charge < -0.3 is 15.0 Å². The number of ether oxygens (including phenoxy) is 1. The molecule has 0 spiro atoms. The monoisotopic (exact) mass is 589 g/mol. The molecule has 39 heavy (non-hydrogen) atoms. The lowest BCUT2D eigenvalue weighted by Crippen LogP contribution is -2.54. The Kier molecular flexibility index (Phi) is 6.60. The van der Waals surface area contributed by atoms with Crippen molar-refractivity contribution in [3.63, 3.8) is 0 Å². The lowest BCUT2D eigenvalue weighted by molar-refractivity contribution is -0.0546. The Bertz CT molecular complexity index is 1510. The number of pyridine rings is 1. The Hall–Kier alpha value is -2.40. The van der Waals surface area contributed by atoms with Crippen LogP contribution in [0.2, 0.25) is 0 Å². The number of aromatic nitrogens is 4. The SMILES string of the molecule is C[C@H]1CN(c2c(F)c(S(=O)(=O)NC3(CF)CC3)cn3c(-c4nnc(C(F)F)s4)c(C4CCO4)nc23)C[C@H](C)N1. The van der Waals surface area contributed by atoms with Gasteiger partial charge in [-0.2, -0.15) is 0 Å². The Morgan fingerprint density at radius 2 is 1.95 bits per heavy atom. The van der Waals surface area contributed by atoms with E-state index in [9.17, 15) is 21.6 Å². The van der Waals surface area contributed by atoms with Crippen molar-refractivity contribution in [1.29, 1.82) is 0 Å². The van der Waals surface area contributed by atoms with Crippen LogP contribution in [0, 0.1) is 5.82 Å². The molecule has 0 amide bonds. The van der Waals surface area contributed by atoms with Crippen molar-refractivity contribution < 1.29 is 30.7 Å². The van der Waals surface area contributed by atoms with Crippen LogP contribution in [-0.4, -0.2) is 72.0 Å². The van der Waals surface area contributed by atoms with Crippen molar-refractivity contribution in [2.45, 2.75) is 68.2 Å². The van der Waals surface area contributed by atoms with E-state index in [1.165, 1.54) is 4.40 Å². The molecule has 6 rings (SSSR count). The zero-order chi connectivity index (χ0) is 27.7. The highest BCUT2D eigenvalue weighted by molar-refractivity contribution is 7.89. The van der Waals surface area contributed by atoms with Crippen molar-refractivity contribution in [2.75, 3.05) is 31.3 Å². The molecule has 0 bridgehead atoms. The number of imidazole rings is 1. The summed E-state index contributed by atoms with van der Waals surface area (Å²) in [6.45, 7) is 4.10. The Morgan fingerprint density at radius 1 is 1.26 bits per heavy atom. The highest BCUT2D eigenvalue weighted by Crippen LogP contribution is 2.43. The van der Waals surface area contributed by atoms with Crippen LogP contribution in [0.3, 0.4) is 0 Å². The molecule has 3 aliphatic rings. The summed E-state index contributed by atoms with van der Waals surface area (Å²) in [6.07, 6.45) is -1.11. The Labute approximate surface area is 225 Å². The van der Waals surface area contributed by atoms with E-state index in [4.69, 9.17) is 4.74 Å². The number of nitrogens with one attached hydrogen (secondary N) is 2. The van der Waals surface area contributed by atoms with Crippen molar-refractivity contribution in [1.82, 2.24) is 29.6 Å². The molecule has 3 aromatic heterocycles. The molecule has 10 nitrogen and oxygen atoms in total. The second-order valence-electron chi connectivity index (χ2n) is 10.5. The molecule has 3 atom stereocenters. The number of alkyl halides is 3. The van der Waals surface area contributed by atoms with Crippen LogP contribution in [-0.2, 0) is 14.8 Å². The molecule has 1 saturated carbocycles. The van der Waals surface area contributed by atoms with E-state index in [0.29, 0.717) is 56.0 Å². The first-order valence-electron chi connectivity index (χ1n) is 12.6. The standard InChI is InChI=1S/C23H27F4N7O3S2/c1-11-7-33(8-12(2)28-11)17-15(25)14(39(35,36)32-23(10-24)4-5-23)9-34-18(21-30-31-22(38-21)19(26)27)16(29-20(17)34)13-3-6-37-13/h9,11-13,19,28,32H,3-8,10H2,1-2H3/t11-,12-,13?/m0/s1. The summed E-state index contributed by atoms with van der Waals surface area (Å²) in [7, 11) is -4.53. The van der Waals surface area contributed by atoms with E-state index in [2.05, 4.69) is 25.2 Å². The third-order valence-corrected chi connectivity index (χ3v) is 9.78. The fourth-order valence-electron chi connectivity index (χ4n) is 5.17. The van der Waals surface area contributed by atoms with Crippen molar-refractivity contribution in [2.24, 2.45) is 0 Å². The lowest BCUT2D eigenvalue weighted by Gasteiger charge is -2.38. The number of anilines is 1. The minimum Gasteiger partial charge on any atom is -0.372 e. The largest absolute Gasteiger partial charge is 0.372 e. The van der Waals surface area contributed by atoms with Gasteiger partial charge in [0.1, 0.15) is 29.1 Å². The smallest absolute Gasteiger partial charge is 0.291 e. The first kappa shape index (κ1) is 26.8. The van der Waals surface area contributed by atoms with Gasteiger partial charge in [0.15, 0.2) is 21.5 Å². The van der Waals surface area contributed by atoms with Gasteiger partial charge in [0.2, 0.25) is 10.0 Å². The number of sulfonamides is 1. The number of rotatable bonds is 8. The summed E-state index contributed by atoms with van der Waals surface area (Å²) in [5.41, 5.74) is -0.658. The van der Waals surface area contributed by atoms with Crippen LogP contribution in [0.25, 0.3) is 16.3 Å². The van der Waals surface area contributed by atoms with Gasteiger partial charge in [-0.1, -0.05) is 11.3 Å². The minimum atomic E-state index is -4.53. The summed E-state index contributed by atoms with van der Waals surface area (Å²) < 4.78 is 93.2. The molecule has 3 aromatic rings. The first-order valence-corrected chi connectivity index (χ1v) is 14.9. The predicted molar refractivity (Wildman–Crippen MR) is 135 cm³/mol. The highest BCUT2D eigenvalue weighted by atomic mass is 32.2. The van der Waals surface area contributed by atoms with E-state index in [0.717, 1.165) is 6.20 Å². The maximum Gasteiger partial charge on any atom is 0.291 e. The summed E-state index contributed by atoms with van der Waals surface area (Å²) in [4.78, 5) is 5.72. The van der Waals surface area contributed by atoms with Crippen LogP contribution < -0.4 is 14.9 Å². The average molecular weight is 590 g/mol. The molecule has 2 aliphatic heterocycles. The molecule has 0 radical (unpaired) electrons. The number of piperazine rings is 1.